The van der Waals surface area contributed by atoms with Crippen molar-refractivity contribution in [3.05, 3.63) is 10.6 Å². The van der Waals surface area contributed by atoms with Crippen LogP contribution in [0, 0.1) is 0 Å². The fraction of sp³-hybridized carbons (Fsp3) is 0.500. The first-order valence-corrected chi connectivity index (χ1v) is 4.49. The average molecular weight is 251 g/mol. The number of carbonyl (C=O) groups is 1. The van der Waals surface area contributed by atoms with Crippen LogP contribution in [-0.4, -0.2) is 9.76 Å². The van der Waals surface area contributed by atoms with Gasteiger partial charge >= 0.3 is 0 Å². The summed E-state index contributed by atoms with van der Waals surface area (Å²) in [6.07, 6.45) is 0.148. The Kier molecular flexibility index (Phi) is 4.70. The maximum Gasteiger partial charge on any atom is 0.226 e. The predicted octanol–water partition coefficient (Wildman–Crippen LogP) is 2.01. The number of carboxylic acid groups (broad SMARTS) is 1. The number of halogens is 4. The van der Waals surface area contributed by atoms with Gasteiger partial charge in [-0.2, -0.15) is 0 Å². The Morgan fingerprint density at radius 1 is 1.42 bits per heavy atom. The molecule has 0 unspecified atom stereocenters. The summed E-state index contributed by atoms with van der Waals surface area (Å²) in [6, 6.07) is 0. The molecular formula is C6H5Cl4O2-. The average Bonchev–Trinajstić information content (AvgIpc) is 1.86. The van der Waals surface area contributed by atoms with Crippen molar-refractivity contribution in [2.24, 2.45) is 0 Å². The molecular weight excluding hydrogens is 246 g/mol. The van der Waals surface area contributed by atoms with Gasteiger partial charge in [0.05, 0.1) is 11.0 Å². The molecule has 2 nitrogen and oxygen atoms in total. The first-order chi connectivity index (χ1) is 5.30. The number of carbonyl (C=O) groups excluding carboxylic acids is 1. The van der Waals surface area contributed by atoms with Crippen molar-refractivity contribution in [1.29, 1.82) is 0 Å². The van der Waals surface area contributed by atoms with Gasteiger partial charge in [0.25, 0.3) is 0 Å². The van der Waals surface area contributed by atoms with E-state index in [2.05, 4.69) is 0 Å². The van der Waals surface area contributed by atoms with E-state index in [0.717, 1.165) is 0 Å². The van der Waals surface area contributed by atoms with Gasteiger partial charge in [-0.15, -0.1) is 0 Å². The minimum absolute atomic E-state index is 0.148. The smallest absolute Gasteiger partial charge is 0.226 e. The quantitative estimate of drug-likeness (QED) is 0.556. The van der Waals surface area contributed by atoms with Crippen molar-refractivity contribution < 1.29 is 9.90 Å². The van der Waals surface area contributed by atoms with Gasteiger partial charge in [-0.3, -0.25) is 0 Å². The van der Waals surface area contributed by atoms with Crippen molar-refractivity contribution in [3.63, 3.8) is 0 Å². The fourth-order valence-corrected chi connectivity index (χ4v) is 1.11. The van der Waals surface area contributed by atoms with E-state index < -0.39 is 9.76 Å². The summed E-state index contributed by atoms with van der Waals surface area (Å²) in [5, 5.41) is 10.1. The molecule has 0 atom stereocenters. The first kappa shape index (κ1) is 12.4. The maximum atomic E-state index is 10.4. The molecule has 0 aliphatic rings. The van der Waals surface area contributed by atoms with Gasteiger partial charge in [0.15, 0.2) is 0 Å². The van der Waals surface area contributed by atoms with Crippen LogP contribution in [0.3, 0.4) is 0 Å². The van der Waals surface area contributed by atoms with Crippen LogP contribution in [-0.2, 0) is 4.79 Å². The Morgan fingerprint density at radius 2 is 1.83 bits per heavy atom. The highest BCUT2D eigenvalue weighted by Gasteiger charge is 2.27. The van der Waals surface area contributed by atoms with E-state index in [1.165, 1.54) is 0 Å². The zero-order valence-electron chi connectivity index (χ0n) is 6.04. The summed E-state index contributed by atoms with van der Waals surface area (Å²) >= 11 is 21.5. The molecule has 0 aromatic rings. The summed E-state index contributed by atoms with van der Waals surface area (Å²) in [7, 11) is 0. The summed E-state index contributed by atoms with van der Waals surface area (Å²) in [5.74, 6) is -1.42. The van der Waals surface area contributed by atoms with Crippen LogP contribution in [0.15, 0.2) is 10.6 Å². The molecule has 6 heteroatoms. The van der Waals surface area contributed by atoms with Crippen LogP contribution >= 0.6 is 46.4 Å². The lowest BCUT2D eigenvalue weighted by Crippen LogP contribution is -2.26. The number of carboxylic acids is 1. The molecule has 0 aliphatic carbocycles. The topological polar surface area (TPSA) is 40.1 Å². The second-order valence-electron chi connectivity index (χ2n) is 1.93. The molecule has 0 fully saturated rings. The molecule has 0 heterocycles. The van der Waals surface area contributed by atoms with E-state index in [1.807, 2.05) is 0 Å². The Balaban J connectivity index is 4.99. The SMILES string of the molecule is CC/C(C(=O)[O-])=C(/Cl)C(Cl)(Cl)Cl. The van der Waals surface area contributed by atoms with Crippen molar-refractivity contribution in [3.8, 4) is 0 Å². The molecule has 0 aromatic heterocycles. The Morgan fingerprint density at radius 3 is 1.92 bits per heavy atom. The normalized spacial score (nSPS) is 14.1. The third kappa shape index (κ3) is 3.40. The molecule has 0 rings (SSSR count). The highest BCUT2D eigenvalue weighted by Crippen LogP contribution is 2.39. The molecule has 0 aliphatic heterocycles. The third-order valence-corrected chi connectivity index (χ3v) is 2.48. The van der Waals surface area contributed by atoms with Gasteiger partial charge in [0.1, 0.15) is 0 Å². The van der Waals surface area contributed by atoms with E-state index in [4.69, 9.17) is 46.4 Å². The molecule has 0 spiro atoms. The number of alkyl halides is 3. The molecule has 0 aromatic carbocycles. The van der Waals surface area contributed by atoms with E-state index >= 15 is 0 Å². The molecule has 0 radical (unpaired) electrons. The van der Waals surface area contributed by atoms with Crippen molar-refractivity contribution in [2.75, 3.05) is 0 Å². The van der Waals surface area contributed by atoms with Gasteiger partial charge < -0.3 is 9.90 Å². The maximum absolute atomic E-state index is 10.4. The van der Waals surface area contributed by atoms with E-state index in [0.29, 0.717) is 0 Å². The molecule has 0 saturated heterocycles. The second-order valence-corrected chi connectivity index (χ2v) is 4.59. The Hall–Kier alpha value is 0.370. The number of allylic oxidation sites excluding steroid dienone is 1. The predicted molar refractivity (Wildman–Crippen MR) is 48.5 cm³/mol. The van der Waals surface area contributed by atoms with Gasteiger partial charge in [0, 0.05) is 0 Å². The van der Waals surface area contributed by atoms with Crippen LogP contribution in [0.4, 0.5) is 0 Å². The standard InChI is InChI=1S/C6H6Cl4O2/c1-2-3(5(11)12)4(7)6(8,9)10/h2H2,1H3,(H,11,12)/p-1/b4-3-. The lowest BCUT2D eigenvalue weighted by atomic mass is 10.2. The van der Waals surface area contributed by atoms with Gasteiger partial charge in [0.2, 0.25) is 3.79 Å². The summed E-state index contributed by atoms with van der Waals surface area (Å²) in [6.45, 7) is 1.57. The van der Waals surface area contributed by atoms with Crippen molar-refractivity contribution in [1.82, 2.24) is 0 Å². The van der Waals surface area contributed by atoms with Crippen LogP contribution in [0.5, 0.6) is 0 Å². The van der Waals surface area contributed by atoms with Crippen LogP contribution in [0.1, 0.15) is 13.3 Å². The lowest BCUT2D eigenvalue weighted by Gasteiger charge is -2.15. The van der Waals surface area contributed by atoms with E-state index in [9.17, 15) is 9.90 Å². The van der Waals surface area contributed by atoms with Crippen molar-refractivity contribution >= 4 is 52.4 Å². The monoisotopic (exact) mass is 249 g/mol. The van der Waals surface area contributed by atoms with Crippen LogP contribution in [0.25, 0.3) is 0 Å². The van der Waals surface area contributed by atoms with Gasteiger partial charge in [-0.1, -0.05) is 53.3 Å². The number of aliphatic carboxylic acids is 1. The van der Waals surface area contributed by atoms with Crippen LogP contribution < -0.4 is 5.11 Å². The molecule has 0 N–H and O–H groups in total. The zero-order valence-corrected chi connectivity index (χ0v) is 9.06. The summed E-state index contributed by atoms with van der Waals surface area (Å²) < 4.78 is -1.90. The minimum Gasteiger partial charge on any atom is -0.545 e. The van der Waals surface area contributed by atoms with Crippen LogP contribution in [0.2, 0.25) is 0 Å². The van der Waals surface area contributed by atoms with E-state index in [1.54, 1.807) is 6.92 Å². The Bertz CT molecular complexity index is 216. The van der Waals surface area contributed by atoms with Crippen molar-refractivity contribution in [2.45, 2.75) is 17.1 Å². The van der Waals surface area contributed by atoms with Gasteiger partial charge in [-0.25, -0.2) is 0 Å². The number of rotatable bonds is 2. The first-order valence-electron chi connectivity index (χ1n) is 2.97. The Labute approximate surface area is 90.0 Å². The highest BCUT2D eigenvalue weighted by molar-refractivity contribution is 6.73. The second kappa shape index (κ2) is 4.56. The largest absolute Gasteiger partial charge is 0.545 e. The number of hydrogen-bond donors (Lipinski definition) is 0. The highest BCUT2D eigenvalue weighted by atomic mass is 35.6. The molecule has 12 heavy (non-hydrogen) atoms. The minimum atomic E-state index is -1.90. The number of hydrogen-bond acceptors (Lipinski definition) is 2. The fourth-order valence-electron chi connectivity index (χ4n) is 0.560. The molecule has 0 bridgehead atoms. The van der Waals surface area contributed by atoms with E-state index in [-0.39, 0.29) is 17.0 Å². The lowest BCUT2D eigenvalue weighted by molar-refractivity contribution is -0.299. The van der Waals surface area contributed by atoms with Gasteiger partial charge in [-0.05, 0) is 12.0 Å². The molecule has 70 valence electrons. The zero-order chi connectivity index (χ0) is 9.94. The third-order valence-electron chi connectivity index (χ3n) is 1.11. The summed E-state index contributed by atoms with van der Waals surface area (Å²) in [5.41, 5.74) is -0.198. The summed E-state index contributed by atoms with van der Waals surface area (Å²) in [4.78, 5) is 10.4. The molecule has 0 amide bonds. The molecule has 0 saturated carbocycles.